The lowest BCUT2D eigenvalue weighted by atomic mass is 10.3. The zero-order valence-electron chi connectivity index (χ0n) is 9.33. The lowest BCUT2D eigenvalue weighted by Gasteiger charge is -2.10. The van der Waals surface area contributed by atoms with Gasteiger partial charge in [-0.1, -0.05) is 0 Å². The second kappa shape index (κ2) is 6.00. The molecule has 4 N–H and O–H groups in total. The average molecular weight is 401 g/mol. The lowest BCUT2D eigenvalue weighted by molar-refractivity contribution is -0.119. The second-order valence-electron chi connectivity index (χ2n) is 3.31. The number of benzene rings is 1. The standard InChI is InChI=1S/C9H11Br2N3O3S/c1-13-8(15)4-14-18(16,17)9-6(10)2-5(12)3-7(9)11/h2-3,14H,4,12H2,1H3,(H,13,15). The molecule has 1 aromatic rings. The third-order valence-corrected chi connectivity index (χ3v) is 5.27. The van der Waals surface area contributed by atoms with Gasteiger partial charge in [0.05, 0.1) is 6.54 Å². The number of rotatable bonds is 4. The molecule has 1 rings (SSSR count). The van der Waals surface area contributed by atoms with Crippen LogP contribution in [0.4, 0.5) is 5.69 Å². The molecule has 0 spiro atoms. The minimum atomic E-state index is -3.80. The lowest BCUT2D eigenvalue weighted by Crippen LogP contribution is -2.35. The fourth-order valence-electron chi connectivity index (χ4n) is 1.16. The summed E-state index contributed by atoms with van der Waals surface area (Å²) in [7, 11) is -2.38. The molecule has 0 aliphatic rings. The summed E-state index contributed by atoms with van der Waals surface area (Å²) in [5.41, 5.74) is 5.99. The van der Waals surface area contributed by atoms with E-state index < -0.39 is 15.9 Å². The highest BCUT2D eigenvalue weighted by molar-refractivity contribution is 9.11. The normalized spacial score (nSPS) is 11.3. The third-order valence-electron chi connectivity index (χ3n) is 1.99. The third kappa shape index (κ3) is 3.67. The highest BCUT2D eigenvalue weighted by atomic mass is 79.9. The fraction of sp³-hybridized carbons (Fsp3) is 0.222. The predicted molar refractivity (Wildman–Crippen MR) is 75.5 cm³/mol. The number of carbonyl (C=O) groups is 1. The van der Waals surface area contributed by atoms with Gasteiger partial charge in [0.15, 0.2) is 0 Å². The molecule has 0 atom stereocenters. The molecule has 0 fully saturated rings. The van der Waals surface area contributed by atoms with E-state index >= 15 is 0 Å². The first-order valence-electron chi connectivity index (χ1n) is 4.72. The summed E-state index contributed by atoms with van der Waals surface area (Å²) in [4.78, 5) is 11.0. The van der Waals surface area contributed by atoms with E-state index in [1.807, 2.05) is 0 Å². The number of nitrogens with two attached hydrogens (primary N) is 1. The molecule has 0 radical (unpaired) electrons. The van der Waals surface area contributed by atoms with Crippen LogP contribution in [0.3, 0.4) is 0 Å². The molecule has 6 nitrogen and oxygen atoms in total. The molecule has 0 unspecified atom stereocenters. The Balaban J connectivity index is 3.10. The number of sulfonamides is 1. The molecule has 18 heavy (non-hydrogen) atoms. The van der Waals surface area contributed by atoms with Gasteiger partial charge in [-0.25, -0.2) is 13.1 Å². The van der Waals surface area contributed by atoms with Gasteiger partial charge < -0.3 is 11.1 Å². The molecular formula is C9H11Br2N3O3S. The number of anilines is 1. The van der Waals surface area contributed by atoms with Crippen molar-refractivity contribution in [3.05, 3.63) is 21.1 Å². The van der Waals surface area contributed by atoms with Gasteiger partial charge in [-0.2, -0.15) is 0 Å². The van der Waals surface area contributed by atoms with Gasteiger partial charge in [0.25, 0.3) is 0 Å². The summed E-state index contributed by atoms with van der Waals surface area (Å²) in [6, 6.07) is 2.94. The molecule has 0 saturated carbocycles. The maximum atomic E-state index is 12.0. The van der Waals surface area contributed by atoms with E-state index in [1.54, 1.807) is 0 Å². The van der Waals surface area contributed by atoms with E-state index in [4.69, 9.17) is 5.73 Å². The van der Waals surface area contributed by atoms with E-state index in [1.165, 1.54) is 19.2 Å². The number of hydrogen-bond acceptors (Lipinski definition) is 4. The van der Waals surface area contributed by atoms with Crippen LogP contribution in [0.5, 0.6) is 0 Å². The van der Waals surface area contributed by atoms with E-state index in [-0.39, 0.29) is 11.4 Å². The minimum absolute atomic E-state index is 0.000558. The quantitative estimate of drug-likeness (QED) is 0.651. The van der Waals surface area contributed by atoms with Crippen molar-refractivity contribution in [2.75, 3.05) is 19.3 Å². The zero-order valence-corrected chi connectivity index (χ0v) is 13.3. The van der Waals surface area contributed by atoms with Crippen LogP contribution in [0.1, 0.15) is 0 Å². The van der Waals surface area contributed by atoms with Gasteiger partial charge in [0.1, 0.15) is 4.90 Å². The zero-order chi connectivity index (χ0) is 13.9. The molecule has 1 aromatic carbocycles. The van der Waals surface area contributed by atoms with Crippen molar-refractivity contribution in [1.29, 1.82) is 0 Å². The molecular weight excluding hydrogens is 390 g/mol. The van der Waals surface area contributed by atoms with Crippen LogP contribution in [0, 0.1) is 0 Å². The largest absolute Gasteiger partial charge is 0.399 e. The Kier molecular flexibility index (Phi) is 5.14. The van der Waals surface area contributed by atoms with Crippen LogP contribution in [-0.2, 0) is 14.8 Å². The highest BCUT2D eigenvalue weighted by Crippen LogP contribution is 2.32. The van der Waals surface area contributed by atoms with Crippen LogP contribution in [-0.4, -0.2) is 27.9 Å². The first-order chi connectivity index (χ1) is 8.27. The number of hydrogen-bond donors (Lipinski definition) is 3. The van der Waals surface area contributed by atoms with Crippen LogP contribution in [0.2, 0.25) is 0 Å². The van der Waals surface area contributed by atoms with Gasteiger partial charge in [0, 0.05) is 21.7 Å². The van der Waals surface area contributed by atoms with Crippen LogP contribution >= 0.6 is 31.9 Å². The number of amides is 1. The Morgan fingerprint density at radius 1 is 1.33 bits per heavy atom. The Bertz CT molecular complexity index is 551. The van der Waals surface area contributed by atoms with Crippen molar-refractivity contribution < 1.29 is 13.2 Å². The van der Waals surface area contributed by atoms with Crippen molar-refractivity contribution in [3.63, 3.8) is 0 Å². The van der Waals surface area contributed by atoms with Crippen molar-refractivity contribution in [3.8, 4) is 0 Å². The van der Waals surface area contributed by atoms with Gasteiger partial charge in [-0.15, -0.1) is 0 Å². The predicted octanol–water partition coefficient (Wildman–Crippen LogP) is 0.818. The van der Waals surface area contributed by atoms with E-state index in [2.05, 4.69) is 41.9 Å². The summed E-state index contributed by atoms with van der Waals surface area (Å²) in [6.07, 6.45) is 0. The average Bonchev–Trinajstić information content (AvgIpc) is 2.24. The number of nitrogen functional groups attached to an aromatic ring is 1. The Labute approximate surface area is 122 Å². The number of nitrogens with one attached hydrogen (secondary N) is 2. The maximum absolute atomic E-state index is 12.0. The Hall–Kier alpha value is -0.640. The van der Waals surface area contributed by atoms with Crippen molar-refractivity contribution in [2.45, 2.75) is 4.90 Å². The molecule has 1 amide bonds. The molecule has 100 valence electrons. The Morgan fingerprint density at radius 3 is 2.28 bits per heavy atom. The summed E-state index contributed by atoms with van der Waals surface area (Å²) in [5, 5.41) is 2.32. The summed E-state index contributed by atoms with van der Waals surface area (Å²) < 4.78 is 26.9. The summed E-state index contributed by atoms with van der Waals surface area (Å²) >= 11 is 6.26. The molecule has 0 heterocycles. The first kappa shape index (κ1) is 15.4. The van der Waals surface area contributed by atoms with E-state index in [9.17, 15) is 13.2 Å². The monoisotopic (exact) mass is 399 g/mol. The number of carbonyl (C=O) groups excluding carboxylic acids is 1. The fourth-order valence-corrected chi connectivity index (χ4v) is 4.75. The van der Waals surface area contributed by atoms with E-state index in [0.29, 0.717) is 14.6 Å². The summed E-state index contributed by atoms with van der Waals surface area (Å²) in [6.45, 7) is -0.331. The van der Waals surface area contributed by atoms with Gasteiger partial charge in [0.2, 0.25) is 15.9 Å². The topological polar surface area (TPSA) is 101 Å². The van der Waals surface area contributed by atoms with Crippen LogP contribution < -0.4 is 15.8 Å². The maximum Gasteiger partial charge on any atom is 0.243 e. The number of likely N-dealkylation sites (N-methyl/N-ethyl adjacent to an activating group) is 1. The summed E-state index contributed by atoms with van der Waals surface area (Å²) in [5.74, 6) is -0.429. The molecule has 9 heteroatoms. The second-order valence-corrected chi connectivity index (χ2v) is 6.72. The van der Waals surface area contributed by atoms with Crippen molar-refractivity contribution in [2.24, 2.45) is 0 Å². The van der Waals surface area contributed by atoms with Gasteiger partial charge >= 0.3 is 0 Å². The molecule has 0 aliphatic heterocycles. The first-order valence-corrected chi connectivity index (χ1v) is 7.79. The van der Waals surface area contributed by atoms with Crippen LogP contribution in [0.25, 0.3) is 0 Å². The molecule has 0 saturated heterocycles. The highest BCUT2D eigenvalue weighted by Gasteiger charge is 2.22. The van der Waals surface area contributed by atoms with Crippen LogP contribution in [0.15, 0.2) is 26.0 Å². The van der Waals surface area contributed by atoms with E-state index in [0.717, 1.165) is 0 Å². The van der Waals surface area contributed by atoms with Crippen molar-refractivity contribution >= 4 is 53.5 Å². The molecule has 0 bridgehead atoms. The molecule has 0 aliphatic carbocycles. The smallest absolute Gasteiger partial charge is 0.243 e. The van der Waals surface area contributed by atoms with Gasteiger partial charge in [-0.3, -0.25) is 4.79 Å². The minimum Gasteiger partial charge on any atom is -0.399 e. The number of halogens is 2. The molecule has 0 aromatic heterocycles. The SMILES string of the molecule is CNC(=O)CNS(=O)(=O)c1c(Br)cc(N)cc1Br. The van der Waals surface area contributed by atoms with Gasteiger partial charge in [-0.05, 0) is 44.0 Å². The Morgan fingerprint density at radius 2 is 1.83 bits per heavy atom. The van der Waals surface area contributed by atoms with Crippen molar-refractivity contribution in [1.82, 2.24) is 10.0 Å².